The molecule has 0 aliphatic carbocycles. The van der Waals surface area contributed by atoms with Crippen molar-refractivity contribution in [3.05, 3.63) is 41.7 Å². The number of hydrogen-bond acceptors (Lipinski definition) is 4. The number of hydrogen-bond donors (Lipinski definition) is 1. The average molecular weight is 275 g/mol. The lowest BCUT2D eigenvalue weighted by molar-refractivity contribution is 0.354. The Kier molecular flexibility index (Phi) is 5.01. The van der Waals surface area contributed by atoms with Gasteiger partial charge in [0.1, 0.15) is 0 Å². The Labute approximate surface area is 119 Å². The van der Waals surface area contributed by atoms with Gasteiger partial charge in [-0.2, -0.15) is 5.10 Å². The molecular weight excluding hydrogens is 254 g/mol. The van der Waals surface area contributed by atoms with E-state index in [-0.39, 0.29) is 0 Å². The largest absolute Gasteiger partial charge is 0.493 e. The van der Waals surface area contributed by atoms with Crippen molar-refractivity contribution in [3.63, 3.8) is 0 Å². The van der Waals surface area contributed by atoms with Gasteiger partial charge in [-0.1, -0.05) is 6.07 Å². The van der Waals surface area contributed by atoms with E-state index in [1.54, 1.807) is 14.2 Å². The number of methoxy groups -OCH3 is 2. The van der Waals surface area contributed by atoms with Crippen LogP contribution in [0.15, 0.2) is 30.5 Å². The standard InChI is InChI=1S/C15H21N3O2/c1-18-13(7-9-17-18)6-8-16-11-12-4-5-14(19-2)15(10-12)20-3/h4-5,7,9-10,16H,6,8,11H2,1-3H3. The first-order chi connectivity index (χ1) is 9.74. The van der Waals surface area contributed by atoms with Gasteiger partial charge in [0.25, 0.3) is 0 Å². The second-order valence-corrected chi connectivity index (χ2v) is 4.56. The first-order valence-electron chi connectivity index (χ1n) is 6.63. The second-order valence-electron chi connectivity index (χ2n) is 4.56. The molecule has 0 unspecified atom stereocenters. The Hall–Kier alpha value is -2.01. The Bertz CT molecular complexity index is 552. The lowest BCUT2D eigenvalue weighted by Crippen LogP contribution is -2.17. The summed E-state index contributed by atoms with van der Waals surface area (Å²) in [4.78, 5) is 0. The summed E-state index contributed by atoms with van der Waals surface area (Å²) in [6.45, 7) is 1.71. The van der Waals surface area contributed by atoms with Crippen molar-refractivity contribution in [1.82, 2.24) is 15.1 Å². The van der Waals surface area contributed by atoms with Crippen molar-refractivity contribution < 1.29 is 9.47 Å². The van der Waals surface area contributed by atoms with Crippen molar-refractivity contribution in [2.75, 3.05) is 20.8 Å². The van der Waals surface area contributed by atoms with E-state index in [2.05, 4.69) is 10.4 Å². The number of aryl methyl sites for hydroxylation is 1. The second kappa shape index (κ2) is 6.96. The molecular formula is C15H21N3O2. The summed E-state index contributed by atoms with van der Waals surface area (Å²) in [5.74, 6) is 1.52. The van der Waals surface area contributed by atoms with Crippen LogP contribution in [0.3, 0.4) is 0 Å². The van der Waals surface area contributed by atoms with E-state index < -0.39 is 0 Å². The van der Waals surface area contributed by atoms with Crippen molar-refractivity contribution in [2.45, 2.75) is 13.0 Å². The van der Waals surface area contributed by atoms with E-state index in [0.717, 1.165) is 31.0 Å². The van der Waals surface area contributed by atoms with Gasteiger partial charge >= 0.3 is 0 Å². The first-order valence-corrected chi connectivity index (χ1v) is 6.63. The lowest BCUT2D eigenvalue weighted by Gasteiger charge is -2.10. The maximum atomic E-state index is 5.29. The Balaban J connectivity index is 1.83. The average Bonchev–Trinajstić information content (AvgIpc) is 2.88. The molecule has 5 heteroatoms. The van der Waals surface area contributed by atoms with E-state index in [4.69, 9.17) is 9.47 Å². The molecule has 0 fully saturated rings. The van der Waals surface area contributed by atoms with Crippen molar-refractivity contribution >= 4 is 0 Å². The molecule has 0 saturated heterocycles. The van der Waals surface area contributed by atoms with E-state index in [9.17, 15) is 0 Å². The van der Waals surface area contributed by atoms with Crippen LogP contribution in [0.2, 0.25) is 0 Å². The van der Waals surface area contributed by atoms with Crippen LogP contribution in [-0.4, -0.2) is 30.5 Å². The fourth-order valence-electron chi connectivity index (χ4n) is 2.09. The number of rotatable bonds is 7. The minimum atomic E-state index is 0.756. The van der Waals surface area contributed by atoms with Gasteiger partial charge in [-0.3, -0.25) is 4.68 Å². The Morgan fingerprint density at radius 1 is 1.15 bits per heavy atom. The first kappa shape index (κ1) is 14.4. The summed E-state index contributed by atoms with van der Waals surface area (Å²) in [7, 11) is 5.25. The van der Waals surface area contributed by atoms with Gasteiger partial charge in [0.15, 0.2) is 11.5 Å². The molecule has 1 heterocycles. The number of nitrogens with zero attached hydrogens (tertiary/aromatic N) is 2. The molecule has 0 atom stereocenters. The van der Waals surface area contributed by atoms with Crippen LogP contribution in [0.25, 0.3) is 0 Å². The van der Waals surface area contributed by atoms with Crippen molar-refractivity contribution in [2.24, 2.45) is 7.05 Å². The normalized spacial score (nSPS) is 10.6. The van der Waals surface area contributed by atoms with E-state index in [1.807, 2.05) is 42.2 Å². The highest BCUT2D eigenvalue weighted by Gasteiger charge is 2.04. The third kappa shape index (κ3) is 3.51. The summed E-state index contributed by atoms with van der Waals surface area (Å²) in [6.07, 6.45) is 2.79. The van der Waals surface area contributed by atoms with Gasteiger partial charge in [0.2, 0.25) is 0 Å². The molecule has 2 rings (SSSR count). The van der Waals surface area contributed by atoms with Crippen LogP contribution < -0.4 is 14.8 Å². The summed E-state index contributed by atoms with van der Waals surface area (Å²) in [5, 5.41) is 7.57. The van der Waals surface area contributed by atoms with Crippen LogP contribution in [0.1, 0.15) is 11.3 Å². The van der Waals surface area contributed by atoms with Gasteiger partial charge in [-0.05, 0) is 23.8 Å². The number of nitrogens with one attached hydrogen (secondary N) is 1. The topological polar surface area (TPSA) is 48.3 Å². The molecule has 108 valence electrons. The highest BCUT2D eigenvalue weighted by molar-refractivity contribution is 5.42. The molecule has 20 heavy (non-hydrogen) atoms. The summed E-state index contributed by atoms with van der Waals surface area (Å²) < 4.78 is 12.4. The molecule has 0 saturated carbocycles. The minimum absolute atomic E-state index is 0.756. The van der Waals surface area contributed by atoms with Gasteiger partial charge in [-0.25, -0.2) is 0 Å². The van der Waals surface area contributed by atoms with Crippen LogP contribution >= 0.6 is 0 Å². The highest BCUT2D eigenvalue weighted by Crippen LogP contribution is 2.27. The molecule has 5 nitrogen and oxygen atoms in total. The molecule has 1 N–H and O–H groups in total. The Morgan fingerprint density at radius 2 is 1.95 bits per heavy atom. The van der Waals surface area contributed by atoms with Crippen LogP contribution in [-0.2, 0) is 20.0 Å². The molecule has 0 bridgehead atoms. The fourth-order valence-corrected chi connectivity index (χ4v) is 2.09. The lowest BCUT2D eigenvalue weighted by atomic mass is 10.2. The fraction of sp³-hybridized carbons (Fsp3) is 0.400. The maximum absolute atomic E-state index is 5.29. The van der Waals surface area contributed by atoms with Crippen LogP contribution in [0.5, 0.6) is 11.5 Å². The molecule has 2 aromatic rings. The third-order valence-corrected chi connectivity index (χ3v) is 3.26. The minimum Gasteiger partial charge on any atom is -0.493 e. The molecule has 0 amide bonds. The third-order valence-electron chi connectivity index (χ3n) is 3.26. The quantitative estimate of drug-likeness (QED) is 0.782. The van der Waals surface area contributed by atoms with Crippen LogP contribution in [0.4, 0.5) is 0 Å². The summed E-state index contributed by atoms with van der Waals surface area (Å²) >= 11 is 0. The number of benzene rings is 1. The zero-order valence-electron chi connectivity index (χ0n) is 12.2. The molecule has 0 aliphatic heterocycles. The monoisotopic (exact) mass is 275 g/mol. The predicted octanol–water partition coefficient (Wildman–Crippen LogP) is 1.77. The molecule has 0 radical (unpaired) electrons. The van der Waals surface area contributed by atoms with Gasteiger partial charge < -0.3 is 14.8 Å². The van der Waals surface area contributed by atoms with Gasteiger partial charge in [0, 0.05) is 38.4 Å². The van der Waals surface area contributed by atoms with Crippen molar-refractivity contribution in [3.8, 4) is 11.5 Å². The van der Waals surface area contributed by atoms with E-state index in [1.165, 1.54) is 11.3 Å². The summed E-state index contributed by atoms with van der Waals surface area (Å²) in [6, 6.07) is 8.00. The molecule has 1 aromatic heterocycles. The number of ether oxygens (including phenoxy) is 2. The molecule has 0 spiro atoms. The predicted molar refractivity (Wildman–Crippen MR) is 78.2 cm³/mol. The Morgan fingerprint density at radius 3 is 2.60 bits per heavy atom. The SMILES string of the molecule is COc1ccc(CNCCc2ccnn2C)cc1OC. The van der Waals surface area contributed by atoms with Crippen molar-refractivity contribution in [1.29, 1.82) is 0 Å². The van der Waals surface area contributed by atoms with Gasteiger partial charge in [0.05, 0.1) is 14.2 Å². The van der Waals surface area contributed by atoms with E-state index >= 15 is 0 Å². The van der Waals surface area contributed by atoms with E-state index in [0.29, 0.717) is 0 Å². The molecule has 1 aromatic carbocycles. The number of aromatic nitrogens is 2. The smallest absolute Gasteiger partial charge is 0.161 e. The van der Waals surface area contributed by atoms with Crippen LogP contribution in [0, 0.1) is 0 Å². The molecule has 0 aliphatic rings. The highest BCUT2D eigenvalue weighted by atomic mass is 16.5. The van der Waals surface area contributed by atoms with Gasteiger partial charge in [-0.15, -0.1) is 0 Å². The zero-order chi connectivity index (χ0) is 14.4. The zero-order valence-corrected chi connectivity index (χ0v) is 12.2. The summed E-state index contributed by atoms with van der Waals surface area (Å²) in [5.41, 5.74) is 2.40. The maximum Gasteiger partial charge on any atom is 0.161 e.